The first-order valence-corrected chi connectivity index (χ1v) is 7.78. The van der Waals surface area contributed by atoms with Gasteiger partial charge in [-0.05, 0) is 56.0 Å². The fourth-order valence-corrected chi connectivity index (χ4v) is 3.95. The van der Waals surface area contributed by atoms with Gasteiger partial charge in [0.05, 0.1) is 0 Å². The van der Waals surface area contributed by atoms with E-state index in [0.717, 1.165) is 6.54 Å². The van der Waals surface area contributed by atoms with E-state index in [1.54, 1.807) is 0 Å². The second kappa shape index (κ2) is 5.64. The van der Waals surface area contributed by atoms with Crippen LogP contribution in [0.1, 0.15) is 44.1 Å². The first-order valence-electron chi connectivity index (χ1n) is 7.78. The fourth-order valence-electron chi connectivity index (χ4n) is 3.95. The summed E-state index contributed by atoms with van der Waals surface area (Å²) in [5, 5.41) is 0. The van der Waals surface area contributed by atoms with Crippen molar-refractivity contribution in [1.82, 2.24) is 4.90 Å². The number of piperidine rings is 1. The third-order valence-corrected chi connectivity index (χ3v) is 5.08. The lowest BCUT2D eigenvalue weighted by Gasteiger charge is -2.46. The Labute approximate surface area is 117 Å². The molecule has 1 saturated carbocycles. The molecule has 0 radical (unpaired) electrons. The van der Waals surface area contributed by atoms with Crippen molar-refractivity contribution >= 4 is 0 Å². The Morgan fingerprint density at radius 2 is 1.84 bits per heavy atom. The average molecular weight is 258 g/mol. The molecule has 1 saturated heterocycles. The molecule has 3 rings (SSSR count). The minimum absolute atomic E-state index is 0.468. The van der Waals surface area contributed by atoms with Gasteiger partial charge in [-0.25, -0.2) is 0 Å². The van der Waals surface area contributed by atoms with Gasteiger partial charge in [0, 0.05) is 19.1 Å². The summed E-state index contributed by atoms with van der Waals surface area (Å²) in [7, 11) is 0. The SMILES string of the molecule is NC1CCC2(CCCN(Cc3ccccc3)C2)CC1. The van der Waals surface area contributed by atoms with Gasteiger partial charge in [-0.1, -0.05) is 30.3 Å². The molecule has 1 aliphatic heterocycles. The predicted octanol–water partition coefficient (Wildman–Crippen LogP) is 3.17. The van der Waals surface area contributed by atoms with Gasteiger partial charge in [0.1, 0.15) is 0 Å². The van der Waals surface area contributed by atoms with E-state index in [1.165, 1.54) is 57.2 Å². The molecule has 0 unspecified atom stereocenters. The number of likely N-dealkylation sites (tertiary alicyclic amines) is 1. The van der Waals surface area contributed by atoms with Crippen molar-refractivity contribution in [2.45, 2.75) is 51.1 Å². The van der Waals surface area contributed by atoms with Crippen molar-refractivity contribution in [2.24, 2.45) is 11.1 Å². The lowest BCUT2D eigenvalue weighted by atomic mass is 9.68. The molecule has 2 aliphatic rings. The summed E-state index contributed by atoms with van der Waals surface area (Å²) in [6, 6.07) is 11.4. The van der Waals surface area contributed by atoms with Gasteiger partial charge in [-0.2, -0.15) is 0 Å². The van der Waals surface area contributed by atoms with E-state index in [9.17, 15) is 0 Å². The molecule has 1 aromatic carbocycles. The Kier molecular flexibility index (Phi) is 3.90. The smallest absolute Gasteiger partial charge is 0.0233 e. The van der Waals surface area contributed by atoms with Gasteiger partial charge in [0.15, 0.2) is 0 Å². The van der Waals surface area contributed by atoms with E-state index < -0.39 is 0 Å². The maximum absolute atomic E-state index is 6.07. The molecule has 0 atom stereocenters. The van der Waals surface area contributed by atoms with Gasteiger partial charge >= 0.3 is 0 Å². The zero-order valence-electron chi connectivity index (χ0n) is 11.9. The molecule has 2 fully saturated rings. The van der Waals surface area contributed by atoms with E-state index >= 15 is 0 Å². The lowest BCUT2D eigenvalue weighted by molar-refractivity contribution is 0.0450. The number of rotatable bonds is 2. The summed E-state index contributed by atoms with van der Waals surface area (Å²) in [5.41, 5.74) is 8.11. The van der Waals surface area contributed by atoms with Crippen molar-refractivity contribution in [1.29, 1.82) is 0 Å². The van der Waals surface area contributed by atoms with Crippen molar-refractivity contribution < 1.29 is 0 Å². The van der Waals surface area contributed by atoms with Crippen molar-refractivity contribution in [3.8, 4) is 0 Å². The number of nitrogens with zero attached hydrogens (tertiary/aromatic N) is 1. The molecule has 2 nitrogen and oxygen atoms in total. The Morgan fingerprint density at radius 1 is 1.11 bits per heavy atom. The van der Waals surface area contributed by atoms with E-state index in [2.05, 4.69) is 35.2 Å². The highest BCUT2D eigenvalue weighted by Gasteiger charge is 2.37. The molecule has 2 heteroatoms. The van der Waals surface area contributed by atoms with Gasteiger partial charge in [-0.3, -0.25) is 4.90 Å². The quantitative estimate of drug-likeness (QED) is 0.883. The van der Waals surface area contributed by atoms with Crippen molar-refractivity contribution in [3.05, 3.63) is 35.9 Å². The molecule has 0 amide bonds. The normalized spacial score (nSPS) is 32.6. The summed E-state index contributed by atoms with van der Waals surface area (Å²) in [4.78, 5) is 2.66. The number of benzene rings is 1. The van der Waals surface area contributed by atoms with Crippen molar-refractivity contribution in [3.63, 3.8) is 0 Å². The van der Waals surface area contributed by atoms with Crippen LogP contribution in [-0.4, -0.2) is 24.0 Å². The topological polar surface area (TPSA) is 29.3 Å². The minimum Gasteiger partial charge on any atom is -0.328 e. The molecule has 2 N–H and O–H groups in total. The molecule has 19 heavy (non-hydrogen) atoms. The van der Waals surface area contributed by atoms with Gasteiger partial charge in [0.2, 0.25) is 0 Å². The van der Waals surface area contributed by atoms with Crippen LogP contribution in [0.5, 0.6) is 0 Å². The van der Waals surface area contributed by atoms with Crippen LogP contribution in [0.4, 0.5) is 0 Å². The van der Waals surface area contributed by atoms with Crippen LogP contribution in [0.25, 0.3) is 0 Å². The molecule has 0 bridgehead atoms. The second-order valence-corrected chi connectivity index (χ2v) is 6.64. The van der Waals surface area contributed by atoms with Crippen molar-refractivity contribution in [2.75, 3.05) is 13.1 Å². The zero-order valence-corrected chi connectivity index (χ0v) is 11.9. The molecule has 0 aromatic heterocycles. The highest BCUT2D eigenvalue weighted by Crippen LogP contribution is 2.43. The van der Waals surface area contributed by atoms with E-state index in [1.807, 2.05) is 0 Å². The Bertz CT molecular complexity index is 393. The maximum Gasteiger partial charge on any atom is 0.0233 e. The fraction of sp³-hybridized carbons (Fsp3) is 0.647. The third-order valence-electron chi connectivity index (χ3n) is 5.08. The van der Waals surface area contributed by atoms with Crippen LogP contribution in [0.3, 0.4) is 0 Å². The highest BCUT2D eigenvalue weighted by molar-refractivity contribution is 5.14. The molecular formula is C17H26N2. The Morgan fingerprint density at radius 3 is 2.58 bits per heavy atom. The van der Waals surface area contributed by atoms with Crippen LogP contribution >= 0.6 is 0 Å². The van der Waals surface area contributed by atoms with Gasteiger partial charge < -0.3 is 5.73 Å². The summed E-state index contributed by atoms with van der Waals surface area (Å²) >= 11 is 0. The molecule has 1 spiro atoms. The van der Waals surface area contributed by atoms with Gasteiger partial charge in [0.25, 0.3) is 0 Å². The number of hydrogen-bond acceptors (Lipinski definition) is 2. The van der Waals surface area contributed by atoms with Crippen LogP contribution in [0.2, 0.25) is 0 Å². The maximum atomic E-state index is 6.07. The van der Waals surface area contributed by atoms with Crippen LogP contribution < -0.4 is 5.73 Å². The second-order valence-electron chi connectivity index (χ2n) is 6.64. The standard InChI is InChI=1S/C17H26N2/c18-16-7-10-17(11-8-16)9-4-12-19(14-17)13-15-5-2-1-3-6-15/h1-3,5-6,16H,4,7-14,18H2. The largest absolute Gasteiger partial charge is 0.328 e. The average Bonchev–Trinajstić information content (AvgIpc) is 2.44. The zero-order chi connectivity index (χ0) is 13.1. The molecule has 1 heterocycles. The Hall–Kier alpha value is -0.860. The highest BCUT2D eigenvalue weighted by atomic mass is 15.1. The van der Waals surface area contributed by atoms with Crippen LogP contribution in [-0.2, 0) is 6.54 Å². The van der Waals surface area contributed by atoms with Crippen LogP contribution in [0, 0.1) is 5.41 Å². The van der Waals surface area contributed by atoms with E-state index in [4.69, 9.17) is 5.73 Å². The number of nitrogens with two attached hydrogens (primary N) is 1. The first kappa shape index (κ1) is 13.1. The molecule has 1 aliphatic carbocycles. The lowest BCUT2D eigenvalue weighted by Crippen LogP contribution is -2.46. The molecular weight excluding hydrogens is 232 g/mol. The molecule has 1 aromatic rings. The third kappa shape index (κ3) is 3.18. The van der Waals surface area contributed by atoms with Crippen LogP contribution in [0.15, 0.2) is 30.3 Å². The predicted molar refractivity (Wildman–Crippen MR) is 79.8 cm³/mol. The van der Waals surface area contributed by atoms with E-state index in [-0.39, 0.29) is 0 Å². The summed E-state index contributed by atoms with van der Waals surface area (Å²) < 4.78 is 0. The Balaban J connectivity index is 1.62. The monoisotopic (exact) mass is 258 g/mol. The summed E-state index contributed by atoms with van der Waals surface area (Å²) in [6.07, 6.45) is 7.95. The minimum atomic E-state index is 0.468. The first-order chi connectivity index (χ1) is 9.26. The molecule has 104 valence electrons. The number of hydrogen-bond donors (Lipinski definition) is 1. The summed E-state index contributed by atoms with van der Waals surface area (Å²) in [5.74, 6) is 0. The van der Waals surface area contributed by atoms with Gasteiger partial charge in [-0.15, -0.1) is 0 Å². The van der Waals surface area contributed by atoms with E-state index in [0.29, 0.717) is 11.5 Å². The summed E-state index contributed by atoms with van der Waals surface area (Å²) in [6.45, 7) is 3.67.